The van der Waals surface area contributed by atoms with Crippen LogP contribution in [0.15, 0.2) is 12.1 Å². The Bertz CT molecular complexity index is 234. The van der Waals surface area contributed by atoms with E-state index in [1.54, 1.807) is 13.2 Å². The molecule has 0 fully saturated rings. The highest BCUT2D eigenvalue weighted by Gasteiger charge is 2.09. The van der Waals surface area contributed by atoms with Crippen LogP contribution in [0.25, 0.3) is 0 Å². The molecule has 4 heteroatoms. The van der Waals surface area contributed by atoms with E-state index in [1.165, 1.54) is 11.3 Å². The molecular formula is C8H12O3S. The summed E-state index contributed by atoms with van der Waals surface area (Å²) in [5.74, 6) is 0. The standard InChI is InChI=1S/C8H12O3S/c1-11-8-3-2-7(12-8)6(10)4-5-9/h2-3,6,9-10H,4-5H2,1H3. The normalized spacial score (nSPS) is 12.9. The molecule has 12 heavy (non-hydrogen) atoms. The lowest BCUT2D eigenvalue weighted by Gasteiger charge is -2.04. The maximum atomic E-state index is 9.42. The summed E-state index contributed by atoms with van der Waals surface area (Å²) in [7, 11) is 1.59. The molecular weight excluding hydrogens is 176 g/mol. The number of aliphatic hydroxyl groups is 2. The number of rotatable bonds is 4. The maximum Gasteiger partial charge on any atom is 0.173 e. The molecule has 0 aliphatic heterocycles. The van der Waals surface area contributed by atoms with Crippen LogP contribution in [0.1, 0.15) is 17.4 Å². The van der Waals surface area contributed by atoms with E-state index in [2.05, 4.69) is 0 Å². The Kier molecular flexibility index (Phi) is 3.52. The molecule has 0 amide bonds. The first-order chi connectivity index (χ1) is 5.77. The Labute approximate surface area is 75.2 Å². The van der Waals surface area contributed by atoms with Crippen molar-refractivity contribution in [2.75, 3.05) is 13.7 Å². The molecule has 0 aromatic carbocycles. The number of ether oxygens (including phenoxy) is 1. The Morgan fingerprint density at radius 3 is 2.83 bits per heavy atom. The first-order valence-corrected chi connectivity index (χ1v) is 4.52. The first kappa shape index (κ1) is 9.51. The quantitative estimate of drug-likeness (QED) is 0.745. The fourth-order valence-corrected chi connectivity index (χ4v) is 1.73. The van der Waals surface area contributed by atoms with E-state index in [0.717, 1.165) is 9.94 Å². The van der Waals surface area contributed by atoms with Gasteiger partial charge in [-0.15, -0.1) is 11.3 Å². The molecule has 0 bridgehead atoms. The zero-order chi connectivity index (χ0) is 8.97. The van der Waals surface area contributed by atoms with Crippen molar-refractivity contribution in [1.82, 2.24) is 0 Å². The molecule has 3 nitrogen and oxygen atoms in total. The molecule has 1 aromatic heterocycles. The predicted octanol–water partition coefficient (Wildman–Crippen LogP) is 1.17. The molecule has 68 valence electrons. The second-order valence-electron chi connectivity index (χ2n) is 2.39. The summed E-state index contributed by atoms with van der Waals surface area (Å²) in [5, 5.41) is 18.8. The Morgan fingerprint density at radius 2 is 2.33 bits per heavy atom. The van der Waals surface area contributed by atoms with Crippen LogP contribution >= 0.6 is 11.3 Å². The van der Waals surface area contributed by atoms with Crippen LogP contribution in [0.2, 0.25) is 0 Å². The monoisotopic (exact) mass is 188 g/mol. The first-order valence-electron chi connectivity index (χ1n) is 3.70. The van der Waals surface area contributed by atoms with Crippen molar-refractivity contribution < 1.29 is 14.9 Å². The summed E-state index contributed by atoms with van der Waals surface area (Å²) in [6.07, 6.45) is -0.187. The van der Waals surface area contributed by atoms with Crippen LogP contribution in [0, 0.1) is 0 Å². The molecule has 0 saturated carbocycles. The number of aliphatic hydroxyl groups excluding tert-OH is 2. The van der Waals surface area contributed by atoms with E-state index in [1.807, 2.05) is 6.07 Å². The van der Waals surface area contributed by atoms with Gasteiger partial charge in [-0.1, -0.05) is 0 Å². The van der Waals surface area contributed by atoms with Gasteiger partial charge in [-0.3, -0.25) is 0 Å². The van der Waals surface area contributed by atoms with Crippen LogP contribution in [0.5, 0.6) is 5.06 Å². The van der Waals surface area contributed by atoms with Gasteiger partial charge in [0.25, 0.3) is 0 Å². The van der Waals surface area contributed by atoms with E-state index in [-0.39, 0.29) is 6.61 Å². The summed E-state index contributed by atoms with van der Waals surface area (Å²) in [6, 6.07) is 3.62. The molecule has 0 radical (unpaired) electrons. The van der Waals surface area contributed by atoms with Gasteiger partial charge in [0.05, 0.1) is 13.2 Å². The minimum atomic E-state index is -0.566. The van der Waals surface area contributed by atoms with E-state index < -0.39 is 6.10 Å². The van der Waals surface area contributed by atoms with E-state index in [4.69, 9.17) is 9.84 Å². The number of methoxy groups -OCH3 is 1. The van der Waals surface area contributed by atoms with Gasteiger partial charge >= 0.3 is 0 Å². The third-order valence-electron chi connectivity index (χ3n) is 1.53. The van der Waals surface area contributed by atoms with Crippen molar-refractivity contribution >= 4 is 11.3 Å². The smallest absolute Gasteiger partial charge is 0.173 e. The number of hydrogen-bond donors (Lipinski definition) is 2. The molecule has 1 unspecified atom stereocenters. The van der Waals surface area contributed by atoms with E-state index in [0.29, 0.717) is 6.42 Å². The average molecular weight is 188 g/mol. The zero-order valence-corrected chi connectivity index (χ0v) is 7.67. The summed E-state index contributed by atoms with van der Waals surface area (Å²) in [6.45, 7) is 0.00137. The highest BCUT2D eigenvalue weighted by molar-refractivity contribution is 7.13. The number of thiophene rings is 1. The highest BCUT2D eigenvalue weighted by Crippen LogP contribution is 2.29. The lowest BCUT2D eigenvalue weighted by atomic mass is 10.2. The summed E-state index contributed by atoms with van der Waals surface area (Å²) < 4.78 is 4.97. The summed E-state index contributed by atoms with van der Waals surface area (Å²) in [4.78, 5) is 0.834. The molecule has 0 aliphatic rings. The Hall–Kier alpha value is -0.580. The third-order valence-corrected chi connectivity index (χ3v) is 2.68. The lowest BCUT2D eigenvalue weighted by Crippen LogP contribution is -1.96. The van der Waals surface area contributed by atoms with Crippen molar-refractivity contribution in [3.05, 3.63) is 17.0 Å². The van der Waals surface area contributed by atoms with Gasteiger partial charge in [0.1, 0.15) is 0 Å². The molecule has 0 aliphatic carbocycles. The number of hydrogen-bond acceptors (Lipinski definition) is 4. The van der Waals surface area contributed by atoms with Crippen LogP contribution in [-0.4, -0.2) is 23.9 Å². The second-order valence-corrected chi connectivity index (χ2v) is 3.47. The fourth-order valence-electron chi connectivity index (χ4n) is 0.888. The van der Waals surface area contributed by atoms with Gasteiger partial charge in [0.2, 0.25) is 0 Å². The molecule has 0 spiro atoms. The van der Waals surface area contributed by atoms with E-state index >= 15 is 0 Å². The molecule has 1 heterocycles. The maximum absolute atomic E-state index is 9.42. The molecule has 1 atom stereocenters. The molecule has 0 saturated heterocycles. The SMILES string of the molecule is COc1ccc(C(O)CCO)s1. The minimum absolute atomic E-state index is 0.00137. The summed E-state index contributed by atoms with van der Waals surface area (Å²) in [5.41, 5.74) is 0. The van der Waals surface area contributed by atoms with E-state index in [9.17, 15) is 5.11 Å². The van der Waals surface area contributed by atoms with Gasteiger partial charge in [-0.2, -0.15) is 0 Å². The third kappa shape index (κ3) is 2.20. The largest absolute Gasteiger partial charge is 0.487 e. The van der Waals surface area contributed by atoms with Crippen LogP contribution in [0.4, 0.5) is 0 Å². The van der Waals surface area contributed by atoms with Gasteiger partial charge in [0, 0.05) is 17.9 Å². The lowest BCUT2D eigenvalue weighted by molar-refractivity contribution is 0.137. The highest BCUT2D eigenvalue weighted by atomic mass is 32.1. The molecule has 1 rings (SSSR count). The van der Waals surface area contributed by atoms with Crippen molar-refractivity contribution in [3.8, 4) is 5.06 Å². The predicted molar refractivity (Wildman–Crippen MR) is 47.5 cm³/mol. The fraction of sp³-hybridized carbons (Fsp3) is 0.500. The van der Waals surface area contributed by atoms with Crippen LogP contribution < -0.4 is 4.74 Å². The van der Waals surface area contributed by atoms with Gasteiger partial charge in [-0.25, -0.2) is 0 Å². The van der Waals surface area contributed by atoms with Gasteiger partial charge in [-0.05, 0) is 12.1 Å². The Morgan fingerprint density at radius 1 is 1.58 bits per heavy atom. The second kappa shape index (κ2) is 4.45. The van der Waals surface area contributed by atoms with Crippen LogP contribution in [-0.2, 0) is 0 Å². The van der Waals surface area contributed by atoms with Crippen LogP contribution in [0.3, 0.4) is 0 Å². The van der Waals surface area contributed by atoms with Crippen molar-refractivity contribution in [2.45, 2.75) is 12.5 Å². The van der Waals surface area contributed by atoms with Crippen molar-refractivity contribution in [2.24, 2.45) is 0 Å². The Balaban J connectivity index is 2.61. The zero-order valence-electron chi connectivity index (χ0n) is 6.86. The van der Waals surface area contributed by atoms with Gasteiger partial charge < -0.3 is 14.9 Å². The minimum Gasteiger partial charge on any atom is -0.487 e. The molecule has 1 aromatic rings. The van der Waals surface area contributed by atoms with Crippen molar-refractivity contribution in [1.29, 1.82) is 0 Å². The average Bonchev–Trinajstić information content (AvgIpc) is 2.52. The molecule has 2 N–H and O–H groups in total. The summed E-state index contributed by atoms with van der Waals surface area (Å²) >= 11 is 1.40. The topological polar surface area (TPSA) is 49.7 Å². The van der Waals surface area contributed by atoms with Crippen molar-refractivity contribution in [3.63, 3.8) is 0 Å². The van der Waals surface area contributed by atoms with Gasteiger partial charge in [0.15, 0.2) is 5.06 Å².